The van der Waals surface area contributed by atoms with Gasteiger partial charge in [0.2, 0.25) is 5.88 Å². The number of nitrogens with zero attached hydrogens (tertiary/aromatic N) is 1. The van der Waals surface area contributed by atoms with Gasteiger partial charge in [0.15, 0.2) is 5.75 Å². The van der Waals surface area contributed by atoms with Crippen LogP contribution in [0.15, 0.2) is 35.1 Å². The monoisotopic (exact) mass is 415 g/mol. The Kier molecular flexibility index (Phi) is 6.05. The number of carboxylic acids is 1. The Morgan fingerprint density at radius 1 is 1.00 bits per heavy atom. The van der Waals surface area contributed by atoms with Gasteiger partial charge in [0, 0.05) is 6.54 Å². The van der Waals surface area contributed by atoms with E-state index >= 15 is 0 Å². The second-order valence-corrected chi connectivity index (χ2v) is 6.96. The van der Waals surface area contributed by atoms with Gasteiger partial charge in [0.05, 0.1) is 5.69 Å². The number of pyridine rings is 1. The topological polar surface area (TPSA) is 158 Å². The first-order valence-corrected chi connectivity index (χ1v) is 9.35. The third-order valence-corrected chi connectivity index (χ3v) is 4.73. The van der Waals surface area contributed by atoms with E-state index in [1.807, 2.05) is 5.32 Å². The van der Waals surface area contributed by atoms with Gasteiger partial charge < -0.3 is 26.0 Å². The van der Waals surface area contributed by atoms with Gasteiger partial charge in [-0.15, -0.1) is 0 Å². The van der Waals surface area contributed by atoms with E-state index in [0.717, 1.165) is 19.3 Å². The summed E-state index contributed by atoms with van der Waals surface area (Å²) < 4.78 is 0.713. The van der Waals surface area contributed by atoms with Crippen molar-refractivity contribution in [3.05, 3.63) is 51.8 Å². The van der Waals surface area contributed by atoms with Crippen LogP contribution in [0.25, 0.3) is 5.69 Å². The lowest BCUT2D eigenvalue weighted by molar-refractivity contribution is -0.135. The maximum Gasteiger partial charge on any atom is 0.322 e. The third-order valence-electron chi connectivity index (χ3n) is 4.73. The lowest BCUT2D eigenvalue weighted by Crippen LogP contribution is -2.37. The maximum absolute atomic E-state index is 12.9. The molecule has 0 bridgehead atoms. The van der Waals surface area contributed by atoms with E-state index in [-0.39, 0.29) is 5.69 Å². The highest BCUT2D eigenvalue weighted by atomic mass is 16.4. The molecule has 0 radical (unpaired) electrons. The average Bonchev–Trinajstić information content (AvgIpc) is 3.51. The molecule has 0 atom stereocenters. The molecule has 10 heteroatoms. The number of carbonyl (C=O) groups excluding carboxylic acids is 2. The van der Waals surface area contributed by atoms with E-state index in [1.54, 1.807) is 18.2 Å². The molecule has 158 valence electrons. The largest absolute Gasteiger partial charge is 0.506 e. The quantitative estimate of drug-likeness (QED) is 0.422. The number of carbonyl (C=O) groups is 3. The number of para-hydroxylation sites is 1. The first-order valence-electron chi connectivity index (χ1n) is 9.35. The van der Waals surface area contributed by atoms with Crippen LogP contribution in [0.2, 0.25) is 0 Å². The van der Waals surface area contributed by atoms with E-state index in [2.05, 4.69) is 5.32 Å². The number of benzene rings is 1. The maximum atomic E-state index is 12.9. The van der Waals surface area contributed by atoms with Crippen molar-refractivity contribution in [1.82, 2.24) is 15.2 Å². The van der Waals surface area contributed by atoms with Crippen LogP contribution in [0.3, 0.4) is 0 Å². The van der Waals surface area contributed by atoms with Crippen molar-refractivity contribution in [3.63, 3.8) is 0 Å². The molecule has 0 spiro atoms. The number of carboxylic acid groups (broad SMARTS) is 1. The summed E-state index contributed by atoms with van der Waals surface area (Å²) >= 11 is 0. The van der Waals surface area contributed by atoms with E-state index < -0.39 is 52.6 Å². The average molecular weight is 415 g/mol. The fraction of sp³-hybridized carbons (Fsp3) is 0.300. The minimum atomic E-state index is -1.36. The van der Waals surface area contributed by atoms with Gasteiger partial charge in [-0.3, -0.25) is 19.2 Å². The van der Waals surface area contributed by atoms with Crippen LogP contribution in [0.1, 0.15) is 40.0 Å². The number of hydrogen-bond donors (Lipinski definition) is 5. The summed E-state index contributed by atoms with van der Waals surface area (Å²) in [6.07, 6.45) is 2.90. The minimum absolute atomic E-state index is 0.152. The lowest BCUT2D eigenvalue weighted by Gasteiger charge is -2.16. The smallest absolute Gasteiger partial charge is 0.322 e. The fourth-order valence-corrected chi connectivity index (χ4v) is 3.01. The Balaban J connectivity index is 2.08. The van der Waals surface area contributed by atoms with Crippen molar-refractivity contribution in [1.29, 1.82) is 0 Å². The van der Waals surface area contributed by atoms with Crippen molar-refractivity contribution in [3.8, 4) is 17.3 Å². The predicted octanol–water partition coefficient (Wildman–Crippen LogP) is 0.593. The summed E-state index contributed by atoms with van der Waals surface area (Å²) in [5.74, 6) is -4.72. The zero-order chi connectivity index (χ0) is 21.8. The molecule has 0 saturated heterocycles. The van der Waals surface area contributed by atoms with Gasteiger partial charge in [0.25, 0.3) is 17.4 Å². The third kappa shape index (κ3) is 4.43. The molecule has 30 heavy (non-hydrogen) atoms. The van der Waals surface area contributed by atoms with E-state index in [1.165, 1.54) is 12.1 Å². The van der Waals surface area contributed by atoms with Gasteiger partial charge in [-0.2, -0.15) is 0 Å². The second-order valence-electron chi connectivity index (χ2n) is 6.96. The number of hydrogen-bond acceptors (Lipinski definition) is 6. The Bertz CT molecular complexity index is 1040. The van der Waals surface area contributed by atoms with Gasteiger partial charge >= 0.3 is 5.97 Å². The molecule has 1 aromatic heterocycles. The molecule has 0 aliphatic heterocycles. The van der Waals surface area contributed by atoms with Gasteiger partial charge in [-0.25, -0.2) is 4.57 Å². The number of aromatic hydroxyl groups is 2. The summed E-state index contributed by atoms with van der Waals surface area (Å²) in [6.45, 7) is -0.500. The molecule has 1 aliphatic carbocycles. The highest BCUT2D eigenvalue weighted by Crippen LogP contribution is 2.32. The Morgan fingerprint density at radius 2 is 1.63 bits per heavy atom. The van der Waals surface area contributed by atoms with E-state index in [0.29, 0.717) is 17.0 Å². The number of aromatic nitrogens is 1. The molecular formula is C20H21N3O7. The van der Waals surface area contributed by atoms with Gasteiger partial charge in [-0.1, -0.05) is 31.0 Å². The van der Waals surface area contributed by atoms with Crippen molar-refractivity contribution in [2.75, 3.05) is 13.1 Å². The molecule has 3 rings (SSSR count). The Labute approximate surface area is 170 Å². The van der Waals surface area contributed by atoms with Crippen LogP contribution in [0.5, 0.6) is 11.6 Å². The first-order chi connectivity index (χ1) is 14.3. The van der Waals surface area contributed by atoms with E-state index in [9.17, 15) is 29.4 Å². The normalized spacial score (nSPS) is 12.9. The lowest BCUT2D eigenvalue weighted by atomic mass is 10.1. The van der Waals surface area contributed by atoms with Gasteiger partial charge in [0.1, 0.15) is 17.7 Å². The summed E-state index contributed by atoms with van der Waals surface area (Å²) in [4.78, 5) is 48.7. The summed E-state index contributed by atoms with van der Waals surface area (Å²) in [7, 11) is 0. The number of nitrogens with one attached hydrogen (secondary N) is 2. The van der Waals surface area contributed by atoms with Crippen LogP contribution in [-0.4, -0.2) is 50.8 Å². The zero-order valence-corrected chi connectivity index (χ0v) is 15.9. The molecule has 1 fully saturated rings. The van der Waals surface area contributed by atoms with E-state index in [4.69, 9.17) is 5.11 Å². The molecule has 1 aliphatic rings. The summed E-state index contributed by atoms with van der Waals surface area (Å²) in [6, 6.07) is 7.75. The van der Waals surface area contributed by atoms with Gasteiger partial charge in [-0.05, 0) is 24.5 Å². The fourth-order valence-electron chi connectivity index (χ4n) is 3.01. The van der Waals surface area contributed by atoms with Crippen LogP contribution >= 0.6 is 0 Å². The Hall–Kier alpha value is -3.82. The summed E-state index contributed by atoms with van der Waals surface area (Å²) in [5, 5.41) is 34.4. The Morgan fingerprint density at radius 3 is 2.23 bits per heavy atom. The molecule has 10 nitrogen and oxygen atoms in total. The molecule has 2 aromatic rings. The SMILES string of the molecule is O=C(O)CNC(=O)c1c(O)c(C(=O)NCCC2CC2)c(O)n(-c2ccccc2)c1=O. The van der Waals surface area contributed by atoms with Crippen molar-refractivity contribution in [2.24, 2.45) is 5.92 Å². The molecule has 2 amide bonds. The zero-order valence-electron chi connectivity index (χ0n) is 15.9. The molecule has 1 heterocycles. The van der Waals surface area contributed by atoms with Crippen LogP contribution in [0, 0.1) is 5.92 Å². The van der Waals surface area contributed by atoms with Crippen molar-refractivity contribution < 1.29 is 29.7 Å². The minimum Gasteiger partial charge on any atom is -0.506 e. The van der Waals surface area contributed by atoms with Crippen LogP contribution < -0.4 is 16.2 Å². The number of rotatable bonds is 8. The standard InChI is InChI=1S/C20H21N3O7/c24-13(25)10-22-18(28)15-16(26)14(17(27)21-9-8-11-6-7-11)19(29)23(20(15)30)12-4-2-1-3-5-12/h1-5,11,26,29H,6-10H2,(H,21,27)(H,22,28)(H,24,25). The molecular weight excluding hydrogens is 394 g/mol. The second kappa shape index (κ2) is 8.68. The highest BCUT2D eigenvalue weighted by molar-refractivity contribution is 6.05. The molecule has 1 saturated carbocycles. The van der Waals surface area contributed by atoms with Crippen molar-refractivity contribution >= 4 is 17.8 Å². The molecule has 1 aromatic carbocycles. The summed E-state index contributed by atoms with van der Waals surface area (Å²) in [5.41, 5.74) is -2.44. The van der Waals surface area contributed by atoms with Crippen LogP contribution in [-0.2, 0) is 4.79 Å². The predicted molar refractivity (Wildman–Crippen MR) is 105 cm³/mol. The molecule has 5 N–H and O–H groups in total. The molecule has 0 unspecified atom stereocenters. The number of aliphatic carboxylic acids is 1. The highest BCUT2D eigenvalue weighted by Gasteiger charge is 2.30. The first kappa shape index (κ1) is 20.9. The van der Waals surface area contributed by atoms with Crippen LogP contribution in [0.4, 0.5) is 0 Å². The van der Waals surface area contributed by atoms with Crippen molar-refractivity contribution in [2.45, 2.75) is 19.3 Å². The number of amides is 2.